The number of nitrogens with zero attached hydrogens (tertiary/aromatic N) is 1. The van der Waals surface area contributed by atoms with Crippen LogP contribution in [0.4, 0.5) is 0 Å². The summed E-state index contributed by atoms with van der Waals surface area (Å²) in [6.07, 6.45) is 5.41. The van der Waals surface area contributed by atoms with Crippen molar-refractivity contribution in [3.63, 3.8) is 0 Å². The standard InChI is InChI=1S/C15H28N2O3/c1-15(11-18,12-6-4-3-5-7-12)16-14(19)13-10-17(2)8-9-20-13/h12-13,18H,3-11H2,1-2H3,(H,16,19)/t13-,15+/m0/s1. The van der Waals surface area contributed by atoms with Crippen LogP contribution in [0.1, 0.15) is 39.0 Å². The number of rotatable bonds is 4. The summed E-state index contributed by atoms with van der Waals surface area (Å²) in [4.78, 5) is 14.5. The maximum Gasteiger partial charge on any atom is 0.250 e. The molecule has 2 rings (SSSR count). The van der Waals surface area contributed by atoms with Gasteiger partial charge in [0.05, 0.1) is 18.8 Å². The highest BCUT2D eigenvalue weighted by molar-refractivity contribution is 5.82. The fraction of sp³-hybridized carbons (Fsp3) is 0.933. The average molecular weight is 284 g/mol. The summed E-state index contributed by atoms with van der Waals surface area (Å²) in [5, 5.41) is 12.8. The topological polar surface area (TPSA) is 61.8 Å². The predicted octanol–water partition coefficient (Wildman–Crippen LogP) is 0.764. The van der Waals surface area contributed by atoms with Crippen LogP contribution in [0, 0.1) is 5.92 Å². The summed E-state index contributed by atoms with van der Waals surface area (Å²) in [6.45, 7) is 4.04. The van der Waals surface area contributed by atoms with Crippen LogP contribution in [-0.2, 0) is 9.53 Å². The molecule has 116 valence electrons. The quantitative estimate of drug-likeness (QED) is 0.800. The molecule has 0 spiro atoms. The molecule has 5 nitrogen and oxygen atoms in total. The largest absolute Gasteiger partial charge is 0.394 e. The molecule has 1 heterocycles. The number of carbonyl (C=O) groups excluding carboxylic acids is 1. The second kappa shape index (κ2) is 6.87. The maximum absolute atomic E-state index is 12.4. The number of morpholine rings is 1. The highest BCUT2D eigenvalue weighted by atomic mass is 16.5. The molecule has 1 saturated carbocycles. The van der Waals surface area contributed by atoms with Gasteiger partial charge in [0.25, 0.3) is 5.91 Å². The SMILES string of the molecule is CN1CCO[C@H](C(=O)N[C@](C)(CO)C2CCCCC2)C1. The molecule has 0 unspecified atom stereocenters. The van der Waals surface area contributed by atoms with Gasteiger partial charge in [-0.15, -0.1) is 0 Å². The summed E-state index contributed by atoms with van der Waals surface area (Å²) in [5.41, 5.74) is -0.517. The van der Waals surface area contributed by atoms with Crippen molar-refractivity contribution in [2.75, 3.05) is 33.4 Å². The van der Waals surface area contributed by atoms with E-state index in [9.17, 15) is 9.90 Å². The van der Waals surface area contributed by atoms with E-state index < -0.39 is 11.6 Å². The van der Waals surface area contributed by atoms with Crippen LogP contribution in [0.3, 0.4) is 0 Å². The number of ether oxygens (including phenoxy) is 1. The van der Waals surface area contributed by atoms with Gasteiger partial charge in [0.2, 0.25) is 0 Å². The Hall–Kier alpha value is -0.650. The first-order valence-corrected chi connectivity index (χ1v) is 7.78. The van der Waals surface area contributed by atoms with E-state index in [1.165, 1.54) is 19.3 Å². The van der Waals surface area contributed by atoms with E-state index >= 15 is 0 Å². The second-order valence-electron chi connectivity index (χ2n) is 6.52. The predicted molar refractivity (Wildman–Crippen MR) is 77.4 cm³/mol. The zero-order valence-corrected chi connectivity index (χ0v) is 12.7. The van der Waals surface area contributed by atoms with Crippen molar-refractivity contribution < 1.29 is 14.6 Å². The van der Waals surface area contributed by atoms with Crippen LogP contribution in [0.15, 0.2) is 0 Å². The van der Waals surface area contributed by atoms with Gasteiger partial charge in [-0.2, -0.15) is 0 Å². The van der Waals surface area contributed by atoms with Gasteiger partial charge in [-0.3, -0.25) is 4.79 Å². The van der Waals surface area contributed by atoms with E-state index in [-0.39, 0.29) is 12.5 Å². The molecular formula is C15H28N2O3. The number of aliphatic hydroxyl groups excluding tert-OH is 1. The molecule has 1 amide bonds. The van der Waals surface area contributed by atoms with Gasteiger partial charge >= 0.3 is 0 Å². The van der Waals surface area contributed by atoms with Crippen LogP contribution in [0.5, 0.6) is 0 Å². The molecule has 1 aliphatic heterocycles. The van der Waals surface area contributed by atoms with Gasteiger partial charge in [-0.05, 0) is 32.7 Å². The molecule has 0 aromatic carbocycles. The van der Waals surface area contributed by atoms with E-state index in [2.05, 4.69) is 10.2 Å². The lowest BCUT2D eigenvalue weighted by molar-refractivity contribution is -0.141. The van der Waals surface area contributed by atoms with E-state index in [0.29, 0.717) is 19.1 Å². The summed E-state index contributed by atoms with van der Waals surface area (Å²) in [7, 11) is 2.00. The normalized spacial score (nSPS) is 28.9. The molecule has 20 heavy (non-hydrogen) atoms. The summed E-state index contributed by atoms with van der Waals surface area (Å²) < 4.78 is 5.55. The monoisotopic (exact) mass is 284 g/mol. The van der Waals surface area contributed by atoms with Crippen LogP contribution in [0.2, 0.25) is 0 Å². The molecule has 0 bridgehead atoms. The zero-order valence-electron chi connectivity index (χ0n) is 12.7. The molecule has 0 radical (unpaired) electrons. The van der Waals surface area contributed by atoms with Crippen LogP contribution < -0.4 is 5.32 Å². The summed E-state index contributed by atoms with van der Waals surface area (Å²) >= 11 is 0. The Morgan fingerprint density at radius 1 is 1.40 bits per heavy atom. The van der Waals surface area contributed by atoms with E-state index in [1.54, 1.807) is 0 Å². The third-order valence-electron chi connectivity index (χ3n) is 4.81. The fourth-order valence-corrected chi connectivity index (χ4v) is 3.31. The van der Waals surface area contributed by atoms with Crippen molar-refractivity contribution in [2.45, 2.75) is 50.7 Å². The van der Waals surface area contributed by atoms with Crippen molar-refractivity contribution in [2.24, 2.45) is 5.92 Å². The van der Waals surface area contributed by atoms with Crippen molar-refractivity contribution >= 4 is 5.91 Å². The highest BCUT2D eigenvalue weighted by Crippen LogP contribution is 2.32. The van der Waals surface area contributed by atoms with Crippen molar-refractivity contribution in [3.8, 4) is 0 Å². The molecule has 0 aromatic heterocycles. The Kier molecular flexibility index (Phi) is 5.41. The van der Waals surface area contributed by atoms with Gasteiger partial charge in [0.15, 0.2) is 0 Å². The number of amides is 1. The Morgan fingerprint density at radius 2 is 2.10 bits per heavy atom. The minimum Gasteiger partial charge on any atom is -0.394 e. The Labute approximate surface area is 121 Å². The first kappa shape index (κ1) is 15.7. The van der Waals surface area contributed by atoms with Crippen LogP contribution in [-0.4, -0.2) is 60.9 Å². The van der Waals surface area contributed by atoms with E-state index in [4.69, 9.17) is 4.74 Å². The third-order valence-corrected chi connectivity index (χ3v) is 4.81. The maximum atomic E-state index is 12.4. The second-order valence-corrected chi connectivity index (χ2v) is 6.52. The van der Waals surface area contributed by atoms with Gasteiger partial charge in [-0.25, -0.2) is 0 Å². The highest BCUT2D eigenvalue weighted by Gasteiger charge is 2.38. The minimum atomic E-state index is -0.517. The Bertz CT molecular complexity index is 331. The molecule has 2 aliphatic rings. The lowest BCUT2D eigenvalue weighted by Crippen LogP contribution is -2.59. The minimum absolute atomic E-state index is 0.00797. The molecule has 5 heteroatoms. The van der Waals surface area contributed by atoms with E-state index in [0.717, 1.165) is 19.4 Å². The molecule has 2 fully saturated rings. The summed E-state index contributed by atoms with van der Waals surface area (Å²) in [5.74, 6) is 0.283. The lowest BCUT2D eigenvalue weighted by atomic mass is 9.76. The van der Waals surface area contributed by atoms with Crippen LogP contribution >= 0.6 is 0 Å². The third kappa shape index (κ3) is 3.71. The first-order valence-electron chi connectivity index (χ1n) is 7.78. The van der Waals surface area contributed by atoms with Crippen molar-refractivity contribution in [1.29, 1.82) is 0 Å². The smallest absolute Gasteiger partial charge is 0.250 e. The van der Waals surface area contributed by atoms with Crippen molar-refractivity contribution in [1.82, 2.24) is 10.2 Å². The number of carbonyl (C=O) groups is 1. The molecule has 1 aliphatic carbocycles. The fourth-order valence-electron chi connectivity index (χ4n) is 3.31. The van der Waals surface area contributed by atoms with E-state index in [1.807, 2.05) is 14.0 Å². The number of hydrogen-bond acceptors (Lipinski definition) is 4. The number of aliphatic hydroxyl groups is 1. The van der Waals surface area contributed by atoms with Gasteiger partial charge in [-0.1, -0.05) is 19.3 Å². The molecular weight excluding hydrogens is 256 g/mol. The Balaban J connectivity index is 1.95. The lowest BCUT2D eigenvalue weighted by Gasteiger charge is -2.40. The molecule has 2 atom stereocenters. The number of nitrogens with one attached hydrogen (secondary N) is 1. The first-order chi connectivity index (χ1) is 9.55. The Morgan fingerprint density at radius 3 is 2.70 bits per heavy atom. The summed E-state index contributed by atoms with van der Waals surface area (Å²) in [6, 6.07) is 0. The molecule has 1 saturated heterocycles. The molecule has 2 N–H and O–H groups in total. The van der Waals surface area contributed by atoms with Gasteiger partial charge < -0.3 is 20.1 Å². The molecule has 0 aromatic rings. The van der Waals surface area contributed by atoms with Crippen molar-refractivity contribution in [3.05, 3.63) is 0 Å². The van der Waals surface area contributed by atoms with Gasteiger partial charge in [0, 0.05) is 13.1 Å². The number of likely N-dealkylation sites (N-methyl/N-ethyl adjacent to an activating group) is 1. The van der Waals surface area contributed by atoms with Crippen LogP contribution in [0.25, 0.3) is 0 Å². The number of hydrogen-bond donors (Lipinski definition) is 2. The van der Waals surface area contributed by atoms with Gasteiger partial charge in [0.1, 0.15) is 6.10 Å². The average Bonchev–Trinajstić information content (AvgIpc) is 2.48. The zero-order chi connectivity index (χ0) is 14.6.